The van der Waals surface area contributed by atoms with Crippen molar-refractivity contribution in [3.8, 4) is 17.2 Å². The van der Waals surface area contributed by atoms with E-state index in [1.54, 1.807) is 14.2 Å². The van der Waals surface area contributed by atoms with E-state index in [2.05, 4.69) is 34.7 Å². The predicted octanol–water partition coefficient (Wildman–Crippen LogP) is 3.39. The van der Waals surface area contributed by atoms with Gasteiger partial charge >= 0.3 is 0 Å². The van der Waals surface area contributed by atoms with Crippen molar-refractivity contribution in [2.24, 2.45) is 4.99 Å². The van der Waals surface area contributed by atoms with Gasteiger partial charge in [0.15, 0.2) is 17.5 Å². The Hall–Kier alpha value is -2.89. The van der Waals surface area contributed by atoms with Crippen molar-refractivity contribution >= 4 is 11.6 Å². The molecule has 0 spiro atoms. The molecule has 0 aromatic heterocycles. The van der Waals surface area contributed by atoms with Crippen molar-refractivity contribution in [3.63, 3.8) is 0 Å². The third kappa shape index (κ3) is 5.06. The van der Waals surface area contributed by atoms with Crippen LogP contribution in [0.5, 0.6) is 17.2 Å². The zero-order valence-corrected chi connectivity index (χ0v) is 16.2. The number of benzene rings is 2. The number of hydrogen-bond donors (Lipinski definition) is 2. The van der Waals surface area contributed by atoms with E-state index in [0.29, 0.717) is 19.2 Å². The number of methoxy groups -OCH3 is 1. The first-order chi connectivity index (χ1) is 13.2. The van der Waals surface area contributed by atoms with Crippen LogP contribution in [0.4, 0.5) is 5.69 Å². The molecule has 0 aliphatic carbocycles. The summed E-state index contributed by atoms with van der Waals surface area (Å²) >= 11 is 0. The molecule has 2 N–H and O–H groups in total. The third-order valence-electron chi connectivity index (χ3n) is 4.36. The minimum absolute atomic E-state index is 0.668. The lowest BCUT2D eigenvalue weighted by Gasteiger charge is -2.15. The molecule has 0 radical (unpaired) electrons. The Kier molecular flexibility index (Phi) is 6.41. The van der Waals surface area contributed by atoms with Gasteiger partial charge in [0, 0.05) is 31.8 Å². The van der Waals surface area contributed by atoms with Crippen LogP contribution in [-0.4, -0.2) is 39.9 Å². The van der Waals surface area contributed by atoms with Gasteiger partial charge in [0.2, 0.25) is 0 Å². The number of aryl methyl sites for hydroxylation is 1. The van der Waals surface area contributed by atoms with Crippen molar-refractivity contribution in [1.82, 2.24) is 5.32 Å². The van der Waals surface area contributed by atoms with Gasteiger partial charge in [-0.15, -0.1) is 0 Å². The van der Waals surface area contributed by atoms with Crippen LogP contribution in [0.2, 0.25) is 0 Å². The van der Waals surface area contributed by atoms with E-state index in [4.69, 9.17) is 14.2 Å². The molecule has 0 atom stereocenters. The molecule has 0 saturated heterocycles. The third-order valence-corrected chi connectivity index (χ3v) is 4.36. The fourth-order valence-corrected chi connectivity index (χ4v) is 2.98. The first-order valence-corrected chi connectivity index (χ1v) is 9.20. The Balaban J connectivity index is 1.59. The zero-order valence-electron chi connectivity index (χ0n) is 16.2. The van der Waals surface area contributed by atoms with Crippen molar-refractivity contribution in [2.45, 2.75) is 19.8 Å². The number of hydrogen-bond acceptors (Lipinski definition) is 4. The Morgan fingerprint density at radius 3 is 2.70 bits per heavy atom. The van der Waals surface area contributed by atoms with Crippen LogP contribution in [0.1, 0.15) is 17.5 Å². The quantitative estimate of drug-likeness (QED) is 0.625. The van der Waals surface area contributed by atoms with Crippen molar-refractivity contribution in [1.29, 1.82) is 0 Å². The molecule has 6 heteroatoms. The van der Waals surface area contributed by atoms with E-state index in [1.165, 1.54) is 11.1 Å². The Bertz CT molecular complexity index is 805. The summed E-state index contributed by atoms with van der Waals surface area (Å²) in [6.45, 7) is 4.18. The highest BCUT2D eigenvalue weighted by Crippen LogP contribution is 2.32. The summed E-state index contributed by atoms with van der Waals surface area (Å²) in [5.74, 6) is 3.16. The van der Waals surface area contributed by atoms with Crippen LogP contribution in [0.15, 0.2) is 41.4 Å². The Morgan fingerprint density at radius 1 is 1.11 bits per heavy atom. The molecule has 0 unspecified atom stereocenters. The largest absolute Gasteiger partial charge is 0.496 e. The lowest BCUT2D eigenvalue weighted by molar-refractivity contribution is 0.297. The van der Waals surface area contributed by atoms with Gasteiger partial charge in [0.05, 0.1) is 20.3 Å². The van der Waals surface area contributed by atoms with Crippen molar-refractivity contribution in [2.75, 3.05) is 39.2 Å². The van der Waals surface area contributed by atoms with E-state index in [9.17, 15) is 0 Å². The number of fused-ring (bicyclic) bond motifs is 1. The van der Waals surface area contributed by atoms with E-state index < -0.39 is 0 Å². The number of guanidine groups is 1. The SMILES string of the molecule is CN=C(NCCc1cc(C)ccc1OC)Nc1ccc2c(c1)OCCCO2. The van der Waals surface area contributed by atoms with Gasteiger partial charge in [-0.05, 0) is 37.1 Å². The predicted molar refractivity (Wildman–Crippen MR) is 108 cm³/mol. The average Bonchev–Trinajstić information content (AvgIpc) is 2.92. The summed E-state index contributed by atoms with van der Waals surface area (Å²) < 4.78 is 16.9. The van der Waals surface area contributed by atoms with E-state index in [0.717, 1.165) is 42.3 Å². The number of ether oxygens (including phenoxy) is 3. The van der Waals surface area contributed by atoms with Crippen LogP contribution >= 0.6 is 0 Å². The number of nitrogens with one attached hydrogen (secondary N) is 2. The minimum atomic E-state index is 0.668. The summed E-state index contributed by atoms with van der Waals surface area (Å²) in [5, 5.41) is 6.64. The van der Waals surface area contributed by atoms with Crippen molar-refractivity contribution < 1.29 is 14.2 Å². The smallest absolute Gasteiger partial charge is 0.195 e. The van der Waals surface area contributed by atoms with Crippen LogP contribution in [-0.2, 0) is 6.42 Å². The Morgan fingerprint density at radius 2 is 1.93 bits per heavy atom. The van der Waals surface area contributed by atoms with Gasteiger partial charge in [-0.25, -0.2) is 0 Å². The normalized spacial score (nSPS) is 13.7. The second kappa shape index (κ2) is 9.16. The molecule has 2 aromatic rings. The molecule has 144 valence electrons. The van der Waals surface area contributed by atoms with Gasteiger partial charge in [0.25, 0.3) is 0 Å². The van der Waals surface area contributed by atoms with Crippen LogP contribution < -0.4 is 24.8 Å². The lowest BCUT2D eigenvalue weighted by Crippen LogP contribution is -2.32. The van der Waals surface area contributed by atoms with Gasteiger partial charge in [0.1, 0.15) is 5.75 Å². The second-order valence-corrected chi connectivity index (χ2v) is 6.40. The maximum Gasteiger partial charge on any atom is 0.195 e. The molecule has 0 bridgehead atoms. The molecule has 1 heterocycles. The second-order valence-electron chi connectivity index (χ2n) is 6.40. The lowest BCUT2D eigenvalue weighted by atomic mass is 10.1. The summed E-state index contributed by atoms with van der Waals surface area (Å²) in [6.07, 6.45) is 1.73. The summed E-state index contributed by atoms with van der Waals surface area (Å²) in [4.78, 5) is 4.30. The molecular formula is C21H27N3O3. The highest BCUT2D eigenvalue weighted by Gasteiger charge is 2.11. The first kappa shape index (κ1) is 18.9. The van der Waals surface area contributed by atoms with Gasteiger partial charge < -0.3 is 24.8 Å². The maximum absolute atomic E-state index is 5.74. The van der Waals surface area contributed by atoms with Crippen LogP contribution in [0, 0.1) is 6.92 Å². The Labute approximate surface area is 160 Å². The number of rotatable bonds is 5. The molecule has 2 aromatic carbocycles. The van der Waals surface area contributed by atoms with Crippen molar-refractivity contribution in [3.05, 3.63) is 47.5 Å². The number of anilines is 1. The molecule has 0 fully saturated rings. The average molecular weight is 369 g/mol. The molecular weight excluding hydrogens is 342 g/mol. The molecule has 6 nitrogen and oxygen atoms in total. The number of aliphatic imine (C=N–C) groups is 1. The highest BCUT2D eigenvalue weighted by atomic mass is 16.5. The fourth-order valence-electron chi connectivity index (χ4n) is 2.98. The van der Waals surface area contributed by atoms with Gasteiger partial charge in [-0.3, -0.25) is 4.99 Å². The van der Waals surface area contributed by atoms with Gasteiger partial charge in [-0.1, -0.05) is 17.7 Å². The highest BCUT2D eigenvalue weighted by molar-refractivity contribution is 5.93. The summed E-state index contributed by atoms with van der Waals surface area (Å²) in [7, 11) is 3.46. The molecule has 3 rings (SSSR count). The molecule has 27 heavy (non-hydrogen) atoms. The molecule has 1 aliphatic rings. The first-order valence-electron chi connectivity index (χ1n) is 9.20. The topological polar surface area (TPSA) is 64.1 Å². The fraction of sp³-hybridized carbons (Fsp3) is 0.381. The maximum atomic E-state index is 5.74. The minimum Gasteiger partial charge on any atom is -0.496 e. The zero-order chi connectivity index (χ0) is 19.1. The van der Waals surface area contributed by atoms with E-state index >= 15 is 0 Å². The van der Waals surface area contributed by atoms with Crippen LogP contribution in [0.25, 0.3) is 0 Å². The monoisotopic (exact) mass is 369 g/mol. The van der Waals surface area contributed by atoms with Gasteiger partial charge in [-0.2, -0.15) is 0 Å². The summed E-state index contributed by atoms with van der Waals surface area (Å²) in [5.41, 5.74) is 3.30. The summed E-state index contributed by atoms with van der Waals surface area (Å²) in [6, 6.07) is 12.0. The molecule has 0 saturated carbocycles. The number of nitrogens with zero attached hydrogens (tertiary/aromatic N) is 1. The molecule has 0 amide bonds. The van der Waals surface area contributed by atoms with Crippen LogP contribution in [0.3, 0.4) is 0 Å². The van der Waals surface area contributed by atoms with E-state index in [-0.39, 0.29) is 0 Å². The molecule has 1 aliphatic heterocycles. The standard InChI is InChI=1S/C21H27N3O3/c1-15-5-7-18(25-3)16(13-15)9-10-23-21(22-2)24-17-6-8-19-20(14-17)27-12-4-11-26-19/h5-8,13-14H,4,9-12H2,1-3H3,(H2,22,23,24). The van der Waals surface area contributed by atoms with E-state index in [1.807, 2.05) is 24.3 Å².